The zero-order chi connectivity index (χ0) is 15.2. The second-order valence-corrected chi connectivity index (χ2v) is 6.19. The molecule has 4 heteroatoms. The maximum atomic E-state index is 12.3. The predicted octanol–water partition coefficient (Wildman–Crippen LogP) is 3.56. The summed E-state index contributed by atoms with van der Waals surface area (Å²) in [6.45, 7) is 7.80. The van der Waals surface area contributed by atoms with E-state index in [0.717, 1.165) is 36.9 Å². The lowest BCUT2D eigenvalue weighted by Gasteiger charge is -2.25. The summed E-state index contributed by atoms with van der Waals surface area (Å²) in [7, 11) is 0. The Morgan fingerprint density at radius 1 is 1.38 bits per heavy atom. The molecule has 0 spiro atoms. The molecule has 1 aliphatic rings. The number of anilines is 1. The lowest BCUT2D eigenvalue weighted by molar-refractivity contribution is 0.0949. The zero-order valence-corrected chi connectivity index (χ0v) is 13.4. The van der Waals surface area contributed by atoms with E-state index in [1.807, 2.05) is 19.1 Å². The summed E-state index contributed by atoms with van der Waals surface area (Å²) >= 11 is 0. The smallest absolute Gasteiger partial charge is 0.251 e. The van der Waals surface area contributed by atoms with E-state index < -0.39 is 0 Å². The van der Waals surface area contributed by atoms with Gasteiger partial charge in [-0.3, -0.25) is 4.79 Å². The Balaban J connectivity index is 1.99. The summed E-state index contributed by atoms with van der Waals surface area (Å²) in [5.41, 5.74) is 1.66. The van der Waals surface area contributed by atoms with Crippen LogP contribution in [-0.4, -0.2) is 24.0 Å². The molecule has 1 aliphatic carbocycles. The summed E-state index contributed by atoms with van der Waals surface area (Å²) in [6.07, 6.45) is 5.11. The average Bonchev–Trinajstić information content (AvgIpc) is 2.41. The van der Waals surface area contributed by atoms with Crippen LogP contribution in [0.4, 0.5) is 5.82 Å². The Kier molecular flexibility index (Phi) is 5.59. The van der Waals surface area contributed by atoms with Crippen LogP contribution < -0.4 is 10.6 Å². The molecule has 1 amide bonds. The van der Waals surface area contributed by atoms with Crippen molar-refractivity contribution in [2.75, 3.05) is 18.4 Å². The number of carbonyl (C=O) groups is 1. The Bertz CT molecular complexity index is 481. The fourth-order valence-corrected chi connectivity index (χ4v) is 2.52. The van der Waals surface area contributed by atoms with Gasteiger partial charge in [0.15, 0.2) is 0 Å². The lowest BCUT2D eigenvalue weighted by atomic mass is 9.83. The SMILES string of the molecule is CCNc1cc(C(=O)NCCC2CCC2)cc(C(C)C)n1. The molecule has 0 saturated heterocycles. The molecule has 116 valence electrons. The standard InChI is InChI=1S/C17H27N3O/c1-4-18-16-11-14(10-15(20-16)12(2)3)17(21)19-9-8-13-6-5-7-13/h10-13H,4-9H2,1-3H3,(H,18,20)(H,19,21). The van der Waals surface area contributed by atoms with Crippen molar-refractivity contribution < 1.29 is 4.79 Å². The first kappa shape index (κ1) is 15.8. The monoisotopic (exact) mass is 289 g/mol. The number of rotatable bonds is 7. The third-order valence-corrected chi connectivity index (χ3v) is 4.12. The molecule has 2 N–H and O–H groups in total. The number of nitrogens with one attached hydrogen (secondary N) is 2. The highest BCUT2D eigenvalue weighted by atomic mass is 16.1. The quantitative estimate of drug-likeness (QED) is 0.807. The maximum Gasteiger partial charge on any atom is 0.251 e. The van der Waals surface area contributed by atoms with Crippen LogP contribution in [0.5, 0.6) is 0 Å². The molecule has 4 nitrogen and oxygen atoms in total. The van der Waals surface area contributed by atoms with Gasteiger partial charge < -0.3 is 10.6 Å². The Hall–Kier alpha value is -1.58. The van der Waals surface area contributed by atoms with Gasteiger partial charge in [-0.15, -0.1) is 0 Å². The molecule has 0 radical (unpaired) electrons. The number of amides is 1. The van der Waals surface area contributed by atoms with Crippen molar-refractivity contribution in [2.24, 2.45) is 5.92 Å². The zero-order valence-electron chi connectivity index (χ0n) is 13.4. The summed E-state index contributed by atoms with van der Waals surface area (Å²) in [4.78, 5) is 16.8. The fourth-order valence-electron chi connectivity index (χ4n) is 2.52. The van der Waals surface area contributed by atoms with E-state index in [2.05, 4.69) is 29.5 Å². The molecule has 0 aromatic carbocycles. The van der Waals surface area contributed by atoms with Gasteiger partial charge in [-0.1, -0.05) is 33.1 Å². The van der Waals surface area contributed by atoms with E-state index in [9.17, 15) is 4.79 Å². The van der Waals surface area contributed by atoms with Crippen LogP contribution in [0.25, 0.3) is 0 Å². The molecule has 21 heavy (non-hydrogen) atoms. The van der Waals surface area contributed by atoms with Gasteiger partial charge in [0.05, 0.1) is 0 Å². The van der Waals surface area contributed by atoms with Crippen molar-refractivity contribution in [3.63, 3.8) is 0 Å². The van der Waals surface area contributed by atoms with Gasteiger partial charge in [0.25, 0.3) is 5.91 Å². The van der Waals surface area contributed by atoms with Crippen LogP contribution in [0.2, 0.25) is 0 Å². The second kappa shape index (κ2) is 7.43. The maximum absolute atomic E-state index is 12.3. The van der Waals surface area contributed by atoms with Crippen LogP contribution in [0.1, 0.15) is 68.4 Å². The number of aromatic nitrogens is 1. The van der Waals surface area contributed by atoms with Crippen molar-refractivity contribution in [1.29, 1.82) is 0 Å². The van der Waals surface area contributed by atoms with Gasteiger partial charge in [-0.25, -0.2) is 4.98 Å². The molecule has 1 aromatic heterocycles. The molecule has 0 atom stereocenters. The van der Waals surface area contributed by atoms with E-state index in [4.69, 9.17) is 0 Å². The number of pyridine rings is 1. The molecule has 0 unspecified atom stereocenters. The predicted molar refractivity (Wildman–Crippen MR) is 86.8 cm³/mol. The first-order valence-electron chi connectivity index (χ1n) is 8.14. The van der Waals surface area contributed by atoms with Gasteiger partial charge in [0.2, 0.25) is 0 Å². The summed E-state index contributed by atoms with van der Waals surface area (Å²) in [5, 5.41) is 6.24. The number of nitrogens with zero attached hydrogens (tertiary/aromatic N) is 1. The van der Waals surface area contributed by atoms with Crippen molar-refractivity contribution >= 4 is 11.7 Å². The molecule has 2 rings (SSSR count). The molecule has 0 bridgehead atoms. The summed E-state index contributed by atoms with van der Waals surface area (Å²) in [6, 6.07) is 3.75. The minimum Gasteiger partial charge on any atom is -0.370 e. The molecular formula is C17H27N3O. The highest BCUT2D eigenvalue weighted by molar-refractivity contribution is 5.95. The van der Waals surface area contributed by atoms with Crippen molar-refractivity contribution in [3.05, 3.63) is 23.4 Å². The van der Waals surface area contributed by atoms with Gasteiger partial charge >= 0.3 is 0 Å². The fraction of sp³-hybridized carbons (Fsp3) is 0.647. The number of hydrogen-bond acceptors (Lipinski definition) is 3. The third-order valence-electron chi connectivity index (χ3n) is 4.12. The van der Waals surface area contributed by atoms with Gasteiger partial charge in [-0.05, 0) is 37.3 Å². The Labute approximate surface area is 127 Å². The molecule has 0 aliphatic heterocycles. The number of hydrogen-bond donors (Lipinski definition) is 2. The van der Waals surface area contributed by atoms with E-state index in [1.165, 1.54) is 19.3 Å². The van der Waals surface area contributed by atoms with Gasteiger partial charge in [0, 0.05) is 24.3 Å². The summed E-state index contributed by atoms with van der Waals surface area (Å²) in [5.74, 6) is 1.93. The van der Waals surface area contributed by atoms with Crippen LogP contribution in [0.3, 0.4) is 0 Å². The normalized spacial score (nSPS) is 14.9. The lowest BCUT2D eigenvalue weighted by Crippen LogP contribution is -2.27. The van der Waals surface area contributed by atoms with E-state index >= 15 is 0 Å². The van der Waals surface area contributed by atoms with Crippen molar-refractivity contribution in [2.45, 2.75) is 52.4 Å². The minimum absolute atomic E-state index is 0.0118. The Morgan fingerprint density at radius 2 is 2.14 bits per heavy atom. The van der Waals surface area contributed by atoms with Crippen LogP contribution in [0.15, 0.2) is 12.1 Å². The first-order valence-corrected chi connectivity index (χ1v) is 8.14. The van der Waals surface area contributed by atoms with E-state index in [0.29, 0.717) is 11.5 Å². The minimum atomic E-state index is 0.0118. The molecular weight excluding hydrogens is 262 g/mol. The average molecular weight is 289 g/mol. The molecule has 1 fully saturated rings. The van der Waals surface area contributed by atoms with E-state index in [-0.39, 0.29) is 5.91 Å². The Morgan fingerprint density at radius 3 is 2.71 bits per heavy atom. The third kappa shape index (κ3) is 4.45. The first-order chi connectivity index (χ1) is 10.1. The van der Waals surface area contributed by atoms with E-state index in [1.54, 1.807) is 0 Å². The molecule has 1 heterocycles. The number of carbonyl (C=O) groups excluding carboxylic acids is 1. The van der Waals surface area contributed by atoms with Crippen LogP contribution >= 0.6 is 0 Å². The molecule has 1 saturated carbocycles. The van der Waals surface area contributed by atoms with Crippen LogP contribution in [-0.2, 0) is 0 Å². The van der Waals surface area contributed by atoms with Crippen molar-refractivity contribution in [1.82, 2.24) is 10.3 Å². The highest BCUT2D eigenvalue weighted by Gasteiger charge is 2.17. The van der Waals surface area contributed by atoms with Gasteiger partial charge in [0.1, 0.15) is 5.82 Å². The van der Waals surface area contributed by atoms with Gasteiger partial charge in [-0.2, -0.15) is 0 Å². The molecule has 1 aromatic rings. The largest absolute Gasteiger partial charge is 0.370 e. The second-order valence-electron chi connectivity index (χ2n) is 6.19. The topological polar surface area (TPSA) is 54.0 Å². The summed E-state index contributed by atoms with van der Waals surface area (Å²) < 4.78 is 0. The highest BCUT2D eigenvalue weighted by Crippen LogP contribution is 2.28. The van der Waals surface area contributed by atoms with Crippen LogP contribution in [0, 0.1) is 5.92 Å². The van der Waals surface area contributed by atoms with Crippen molar-refractivity contribution in [3.8, 4) is 0 Å².